The van der Waals surface area contributed by atoms with Gasteiger partial charge in [-0.3, -0.25) is 14.8 Å². The fraction of sp³-hybridized carbons (Fsp3) is 0.562. The fourth-order valence-electron chi connectivity index (χ4n) is 2.85. The molecule has 1 spiro atoms. The van der Waals surface area contributed by atoms with Crippen LogP contribution in [-0.4, -0.2) is 57.8 Å². The van der Waals surface area contributed by atoms with Crippen LogP contribution in [0.5, 0.6) is 0 Å². The average molecular weight is 398 g/mol. The molecule has 2 amide bonds. The highest BCUT2D eigenvalue weighted by Crippen LogP contribution is 2.34. The summed E-state index contributed by atoms with van der Waals surface area (Å²) in [6, 6.07) is 1.92. The molecule has 24 heavy (non-hydrogen) atoms. The van der Waals surface area contributed by atoms with Gasteiger partial charge in [-0.05, 0) is 48.3 Å². The van der Waals surface area contributed by atoms with Gasteiger partial charge in [0.1, 0.15) is 5.60 Å². The lowest BCUT2D eigenvalue weighted by molar-refractivity contribution is -0.0788. The van der Waals surface area contributed by atoms with Gasteiger partial charge in [-0.1, -0.05) is 0 Å². The van der Waals surface area contributed by atoms with E-state index in [-0.39, 0.29) is 12.2 Å². The molecule has 8 heteroatoms. The second-order valence-electron chi connectivity index (χ2n) is 7.25. The van der Waals surface area contributed by atoms with Crippen molar-refractivity contribution in [2.45, 2.75) is 38.5 Å². The Labute approximate surface area is 149 Å². The Morgan fingerprint density at radius 3 is 2.71 bits per heavy atom. The maximum absolute atomic E-state index is 12.1. The summed E-state index contributed by atoms with van der Waals surface area (Å²) in [7, 11) is 0. The number of hydrogen-bond acceptors (Lipinski definition) is 5. The number of amides is 2. The minimum absolute atomic E-state index is 0.362. The molecular formula is C16H20BrN3O4. The lowest BCUT2D eigenvalue weighted by atomic mass is 9.94. The molecule has 0 aromatic carbocycles. The molecule has 0 saturated carbocycles. The van der Waals surface area contributed by atoms with Gasteiger partial charge >= 0.3 is 12.2 Å². The molecule has 0 bridgehead atoms. The predicted molar refractivity (Wildman–Crippen MR) is 89.4 cm³/mol. The summed E-state index contributed by atoms with van der Waals surface area (Å²) in [5.41, 5.74) is -0.235. The normalized spacial score (nSPS) is 19.2. The Balaban J connectivity index is 1.57. The predicted octanol–water partition coefficient (Wildman–Crippen LogP) is 2.79. The average Bonchev–Trinajstić information content (AvgIpc) is 2.72. The van der Waals surface area contributed by atoms with Crippen LogP contribution in [0.4, 0.5) is 9.59 Å². The second kappa shape index (κ2) is 5.91. The summed E-state index contributed by atoms with van der Waals surface area (Å²) in [5, 5.41) is 0. The van der Waals surface area contributed by atoms with Gasteiger partial charge in [-0.15, -0.1) is 0 Å². The molecule has 1 aromatic heterocycles. The molecule has 0 N–H and O–H groups in total. The highest BCUT2D eigenvalue weighted by Gasteiger charge is 2.55. The van der Waals surface area contributed by atoms with Gasteiger partial charge < -0.3 is 9.47 Å². The van der Waals surface area contributed by atoms with E-state index in [9.17, 15) is 9.59 Å². The van der Waals surface area contributed by atoms with Gasteiger partial charge in [0.05, 0.1) is 26.2 Å². The van der Waals surface area contributed by atoms with E-state index in [2.05, 4.69) is 20.9 Å². The third-order valence-corrected chi connectivity index (χ3v) is 4.22. The van der Waals surface area contributed by atoms with Crippen molar-refractivity contribution in [1.82, 2.24) is 14.8 Å². The summed E-state index contributed by atoms with van der Waals surface area (Å²) >= 11 is 3.37. The van der Waals surface area contributed by atoms with Crippen molar-refractivity contribution < 1.29 is 19.1 Å². The number of rotatable bonds is 2. The Morgan fingerprint density at radius 1 is 1.38 bits per heavy atom. The van der Waals surface area contributed by atoms with Gasteiger partial charge in [-0.2, -0.15) is 0 Å². The maximum Gasteiger partial charge on any atom is 0.410 e. The van der Waals surface area contributed by atoms with Crippen molar-refractivity contribution in [3.63, 3.8) is 0 Å². The molecule has 0 radical (unpaired) electrons. The molecule has 0 unspecified atom stereocenters. The zero-order chi connectivity index (χ0) is 17.5. The van der Waals surface area contributed by atoms with E-state index in [1.165, 1.54) is 0 Å². The first-order valence-electron chi connectivity index (χ1n) is 7.71. The number of likely N-dealkylation sites (tertiary alicyclic amines) is 1. The Hall–Kier alpha value is -1.83. The lowest BCUT2D eigenvalue weighted by Crippen LogP contribution is -2.65. The van der Waals surface area contributed by atoms with Crippen molar-refractivity contribution in [2.75, 3.05) is 19.6 Å². The Morgan fingerprint density at radius 2 is 2.08 bits per heavy atom. The van der Waals surface area contributed by atoms with E-state index in [0.29, 0.717) is 26.2 Å². The summed E-state index contributed by atoms with van der Waals surface area (Å²) in [4.78, 5) is 31.4. The van der Waals surface area contributed by atoms with Crippen LogP contribution >= 0.6 is 15.9 Å². The Kier molecular flexibility index (Phi) is 4.19. The van der Waals surface area contributed by atoms with Gasteiger partial charge in [-0.25, -0.2) is 9.59 Å². The van der Waals surface area contributed by atoms with Crippen LogP contribution in [-0.2, 0) is 16.0 Å². The molecule has 7 nitrogen and oxygen atoms in total. The monoisotopic (exact) mass is 397 g/mol. The molecule has 2 aliphatic heterocycles. The van der Waals surface area contributed by atoms with Crippen LogP contribution in [0.25, 0.3) is 0 Å². The molecule has 130 valence electrons. The van der Waals surface area contributed by atoms with Gasteiger partial charge in [0.25, 0.3) is 0 Å². The standard InChI is InChI=1S/C16H20BrN3O4/c1-15(2,3)23-14(22)20-9-16(10-20)8-19(13(21)24-16)7-11-4-12(17)6-18-5-11/h4-6H,7-10H2,1-3H3. The third-order valence-electron chi connectivity index (χ3n) is 3.79. The van der Waals surface area contributed by atoms with Crippen LogP contribution in [0, 0.1) is 0 Å². The van der Waals surface area contributed by atoms with Crippen LogP contribution in [0.2, 0.25) is 0 Å². The zero-order valence-electron chi connectivity index (χ0n) is 13.9. The van der Waals surface area contributed by atoms with E-state index in [0.717, 1.165) is 10.0 Å². The smallest absolute Gasteiger partial charge is 0.410 e. The van der Waals surface area contributed by atoms with Crippen molar-refractivity contribution in [3.05, 3.63) is 28.5 Å². The van der Waals surface area contributed by atoms with Crippen molar-refractivity contribution in [1.29, 1.82) is 0 Å². The lowest BCUT2D eigenvalue weighted by Gasteiger charge is -2.45. The van der Waals surface area contributed by atoms with E-state index in [1.54, 1.807) is 22.2 Å². The summed E-state index contributed by atoms with van der Waals surface area (Å²) in [6.07, 6.45) is 2.67. The number of pyridine rings is 1. The number of ether oxygens (including phenoxy) is 2. The van der Waals surface area contributed by atoms with E-state index in [1.807, 2.05) is 26.8 Å². The third kappa shape index (κ3) is 3.63. The molecular weight excluding hydrogens is 378 g/mol. The summed E-state index contributed by atoms with van der Waals surface area (Å²) < 4.78 is 11.7. The molecule has 1 aromatic rings. The topological polar surface area (TPSA) is 72.0 Å². The van der Waals surface area contributed by atoms with Crippen LogP contribution in [0.1, 0.15) is 26.3 Å². The van der Waals surface area contributed by atoms with Crippen LogP contribution in [0.15, 0.2) is 22.9 Å². The highest BCUT2D eigenvalue weighted by molar-refractivity contribution is 9.10. The number of hydrogen-bond donors (Lipinski definition) is 0. The molecule has 2 fully saturated rings. The molecule has 0 aliphatic carbocycles. The molecule has 2 saturated heterocycles. The largest absolute Gasteiger partial charge is 0.444 e. The minimum atomic E-state index is -0.618. The number of carbonyl (C=O) groups excluding carboxylic acids is 2. The molecule has 3 heterocycles. The second-order valence-corrected chi connectivity index (χ2v) is 8.17. The first-order valence-corrected chi connectivity index (χ1v) is 8.50. The number of nitrogens with zero attached hydrogens (tertiary/aromatic N) is 3. The number of aromatic nitrogens is 1. The SMILES string of the molecule is CC(C)(C)OC(=O)N1CC2(C1)CN(Cc1cncc(Br)c1)C(=O)O2. The first kappa shape index (κ1) is 17.0. The zero-order valence-corrected chi connectivity index (χ0v) is 15.5. The van der Waals surface area contributed by atoms with E-state index >= 15 is 0 Å². The van der Waals surface area contributed by atoms with Crippen LogP contribution < -0.4 is 0 Å². The first-order chi connectivity index (χ1) is 11.2. The maximum atomic E-state index is 12.1. The summed E-state index contributed by atoms with van der Waals surface area (Å²) in [5.74, 6) is 0. The van der Waals surface area contributed by atoms with Crippen molar-refractivity contribution in [3.8, 4) is 0 Å². The Bertz CT molecular complexity index is 668. The molecule has 3 rings (SSSR count). The number of carbonyl (C=O) groups is 2. The minimum Gasteiger partial charge on any atom is -0.444 e. The quantitative estimate of drug-likeness (QED) is 0.766. The number of halogens is 1. The van der Waals surface area contributed by atoms with Gasteiger partial charge in [0, 0.05) is 16.9 Å². The van der Waals surface area contributed by atoms with Gasteiger partial charge in [0.15, 0.2) is 5.60 Å². The highest BCUT2D eigenvalue weighted by atomic mass is 79.9. The fourth-order valence-corrected chi connectivity index (χ4v) is 3.26. The van der Waals surface area contributed by atoms with Crippen molar-refractivity contribution in [2.24, 2.45) is 0 Å². The summed E-state index contributed by atoms with van der Waals surface area (Å²) in [6.45, 7) is 7.08. The van der Waals surface area contributed by atoms with E-state index in [4.69, 9.17) is 9.47 Å². The molecule has 2 aliphatic rings. The van der Waals surface area contributed by atoms with Crippen LogP contribution in [0.3, 0.4) is 0 Å². The van der Waals surface area contributed by atoms with Gasteiger partial charge in [0.2, 0.25) is 0 Å². The van der Waals surface area contributed by atoms with E-state index < -0.39 is 11.2 Å². The van der Waals surface area contributed by atoms with Crippen molar-refractivity contribution >= 4 is 28.1 Å². The molecule has 0 atom stereocenters.